The van der Waals surface area contributed by atoms with Gasteiger partial charge in [-0.1, -0.05) is 29.8 Å². The predicted octanol–water partition coefficient (Wildman–Crippen LogP) is 2.15. The molecule has 1 amide bonds. The Morgan fingerprint density at radius 3 is 2.74 bits per heavy atom. The van der Waals surface area contributed by atoms with Crippen LogP contribution in [0, 0.1) is 5.92 Å². The summed E-state index contributed by atoms with van der Waals surface area (Å²) in [5.41, 5.74) is 2.23. The number of halogens is 1. The number of ether oxygens (including phenoxy) is 1. The van der Waals surface area contributed by atoms with E-state index >= 15 is 0 Å². The molecule has 27 heavy (non-hydrogen) atoms. The predicted molar refractivity (Wildman–Crippen MR) is 104 cm³/mol. The number of aryl methyl sites for hydroxylation is 1. The molecule has 6 nitrogen and oxygen atoms in total. The fourth-order valence-corrected chi connectivity index (χ4v) is 4.32. The first-order valence-electron chi connectivity index (χ1n) is 9.42. The summed E-state index contributed by atoms with van der Waals surface area (Å²) >= 11 is 6.35. The average Bonchev–Trinajstić information content (AvgIpc) is 3.30. The van der Waals surface area contributed by atoms with Gasteiger partial charge >= 0.3 is 0 Å². The molecule has 144 valence electrons. The molecule has 0 N–H and O–H groups in total. The highest BCUT2D eigenvalue weighted by Crippen LogP contribution is 2.35. The average molecular weight is 389 g/mol. The maximum Gasteiger partial charge on any atom is 0.227 e. The van der Waals surface area contributed by atoms with Crippen LogP contribution in [0.15, 0.2) is 36.7 Å². The van der Waals surface area contributed by atoms with Crippen molar-refractivity contribution in [3.8, 4) is 0 Å². The minimum Gasteiger partial charge on any atom is -0.378 e. The highest BCUT2D eigenvalue weighted by atomic mass is 35.5. The zero-order chi connectivity index (χ0) is 18.8. The smallest absolute Gasteiger partial charge is 0.227 e. The summed E-state index contributed by atoms with van der Waals surface area (Å²) < 4.78 is 7.22. The molecule has 2 atom stereocenters. The first kappa shape index (κ1) is 18.5. The molecule has 0 aliphatic carbocycles. The number of benzene rings is 1. The number of rotatable bonds is 4. The summed E-state index contributed by atoms with van der Waals surface area (Å²) in [6.07, 6.45) is 3.92. The lowest BCUT2D eigenvalue weighted by molar-refractivity contribution is -0.139. The summed E-state index contributed by atoms with van der Waals surface area (Å²) in [4.78, 5) is 17.5. The van der Waals surface area contributed by atoms with Gasteiger partial charge in [0.05, 0.1) is 25.3 Å². The molecule has 3 heterocycles. The number of nitrogens with zero attached hydrogens (tertiary/aromatic N) is 4. The number of hydrogen-bond acceptors (Lipinski definition) is 4. The standard InChI is InChI=1S/C20H25ClN4O2/c1-23-11-16(10-22-23)17-13-24(12-15-4-2-3-5-19(15)21)14-18(17)20(26)25-6-8-27-9-7-25/h2-5,10-11,17-18H,6-9,12-14H2,1H3/t17-,18+/m0/s1. The second-order valence-electron chi connectivity index (χ2n) is 7.38. The molecule has 1 aromatic heterocycles. The van der Waals surface area contributed by atoms with Gasteiger partial charge in [0.2, 0.25) is 5.91 Å². The van der Waals surface area contributed by atoms with E-state index in [1.807, 2.05) is 47.2 Å². The normalized spacial score (nSPS) is 23.7. The van der Waals surface area contributed by atoms with Crippen molar-refractivity contribution in [1.82, 2.24) is 19.6 Å². The lowest BCUT2D eigenvalue weighted by Crippen LogP contribution is -2.45. The van der Waals surface area contributed by atoms with Crippen molar-refractivity contribution in [3.05, 3.63) is 52.8 Å². The lowest BCUT2D eigenvalue weighted by Gasteiger charge is -2.30. The number of carbonyl (C=O) groups excluding carboxylic acids is 1. The van der Waals surface area contributed by atoms with E-state index < -0.39 is 0 Å². The molecule has 0 spiro atoms. The highest BCUT2D eigenvalue weighted by molar-refractivity contribution is 6.31. The highest BCUT2D eigenvalue weighted by Gasteiger charge is 2.41. The molecule has 2 saturated heterocycles. The first-order chi connectivity index (χ1) is 13.1. The molecule has 2 aromatic rings. The van der Waals surface area contributed by atoms with Crippen molar-refractivity contribution in [3.63, 3.8) is 0 Å². The van der Waals surface area contributed by atoms with E-state index in [1.54, 1.807) is 0 Å². The van der Waals surface area contributed by atoms with Crippen molar-refractivity contribution in [2.45, 2.75) is 12.5 Å². The molecule has 2 aliphatic rings. The Kier molecular flexibility index (Phi) is 5.48. The Hall–Kier alpha value is -1.89. The molecule has 4 rings (SSSR count). The van der Waals surface area contributed by atoms with Crippen molar-refractivity contribution in [2.24, 2.45) is 13.0 Å². The maximum atomic E-state index is 13.2. The van der Waals surface area contributed by atoms with Gasteiger partial charge in [0.15, 0.2) is 0 Å². The minimum atomic E-state index is -0.0604. The Balaban J connectivity index is 1.55. The first-order valence-corrected chi connectivity index (χ1v) is 9.80. The fourth-order valence-electron chi connectivity index (χ4n) is 4.12. The van der Waals surface area contributed by atoms with Crippen LogP contribution in [0.1, 0.15) is 17.0 Å². The van der Waals surface area contributed by atoms with E-state index in [-0.39, 0.29) is 17.7 Å². The Morgan fingerprint density at radius 2 is 2.04 bits per heavy atom. The van der Waals surface area contributed by atoms with Gasteiger partial charge in [-0.15, -0.1) is 0 Å². The van der Waals surface area contributed by atoms with Crippen molar-refractivity contribution < 1.29 is 9.53 Å². The van der Waals surface area contributed by atoms with Gasteiger partial charge in [0.1, 0.15) is 0 Å². The molecular weight excluding hydrogens is 364 g/mol. The van der Waals surface area contributed by atoms with Crippen LogP contribution in [-0.4, -0.2) is 64.9 Å². The summed E-state index contributed by atoms with van der Waals surface area (Å²) in [6.45, 7) is 4.93. The Morgan fingerprint density at radius 1 is 1.26 bits per heavy atom. The molecule has 2 aliphatic heterocycles. The minimum absolute atomic E-state index is 0.0604. The van der Waals surface area contributed by atoms with E-state index in [4.69, 9.17) is 16.3 Å². The number of aromatic nitrogens is 2. The van der Waals surface area contributed by atoms with Crippen LogP contribution in [0.3, 0.4) is 0 Å². The largest absolute Gasteiger partial charge is 0.378 e. The third kappa shape index (κ3) is 4.03. The molecule has 2 fully saturated rings. The van der Waals surface area contributed by atoms with Gasteiger partial charge in [-0.05, 0) is 17.2 Å². The van der Waals surface area contributed by atoms with Crippen LogP contribution in [0.25, 0.3) is 0 Å². The van der Waals surface area contributed by atoms with Gasteiger partial charge in [-0.3, -0.25) is 14.4 Å². The zero-order valence-electron chi connectivity index (χ0n) is 15.6. The van der Waals surface area contributed by atoms with E-state index in [2.05, 4.69) is 16.1 Å². The van der Waals surface area contributed by atoms with Crippen LogP contribution in [0.4, 0.5) is 0 Å². The molecule has 0 saturated carbocycles. The number of hydrogen-bond donors (Lipinski definition) is 0. The van der Waals surface area contributed by atoms with Crippen molar-refractivity contribution in [1.29, 1.82) is 0 Å². The monoisotopic (exact) mass is 388 g/mol. The van der Waals surface area contributed by atoms with E-state index in [0.29, 0.717) is 26.3 Å². The Bertz CT molecular complexity index is 803. The summed E-state index contributed by atoms with van der Waals surface area (Å²) in [5, 5.41) is 5.10. The molecule has 1 aromatic carbocycles. The molecule has 0 bridgehead atoms. The van der Waals surface area contributed by atoms with Gasteiger partial charge in [0.25, 0.3) is 0 Å². The number of likely N-dealkylation sites (tertiary alicyclic amines) is 1. The summed E-state index contributed by atoms with van der Waals surface area (Å²) in [5.74, 6) is 0.320. The second kappa shape index (κ2) is 8.00. The van der Waals surface area contributed by atoms with Crippen LogP contribution in [0.5, 0.6) is 0 Å². The second-order valence-corrected chi connectivity index (χ2v) is 7.79. The summed E-state index contributed by atoms with van der Waals surface area (Å²) in [6, 6.07) is 7.92. The lowest BCUT2D eigenvalue weighted by atomic mass is 9.89. The molecule has 0 radical (unpaired) electrons. The topological polar surface area (TPSA) is 50.6 Å². The number of amides is 1. The SMILES string of the molecule is Cn1cc([C@@H]2CN(Cc3ccccc3Cl)C[C@H]2C(=O)N2CCOCC2)cn1. The number of morpholine rings is 1. The zero-order valence-corrected chi connectivity index (χ0v) is 16.3. The summed E-state index contributed by atoms with van der Waals surface area (Å²) in [7, 11) is 1.92. The van der Waals surface area contributed by atoms with Gasteiger partial charge in [0, 0.05) is 56.9 Å². The molecule has 7 heteroatoms. The Labute approximate surface area is 164 Å². The molecular formula is C20H25ClN4O2. The maximum absolute atomic E-state index is 13.2. The van der Waals surface area contributed by atoms with Gasteiger partial charge in [-0.2, -0.15) is 5.10 Å². The van der Waals surface area contributed by atoms with Gasteiger partial charge < -0.3 is 9.64 Å². The fraction of sp³-hybridized carbons (Fsp3) is 0.500. The van der Waals surface area contributed by atoms with Gasteiger partial charge in [-0.25, -0.2) is 0 Å². The third-order valence-corrected chi connectivity index (χ3v) is 5.91. The van der Waals surface area contributed by atoms with Crippen LogP contribution < -0.4 is 0 Å². The van der Waals surface area contributed by atoms with Crippen LogP contribution in [-0.2, 0) is 23.1 Å². The van der Waals surface area contributed by atoms with Crippen molar-refractivity contribution >= 4 is 17.5 Å². The molecule has 0 unspecified atom stereocenters. The quantitative estimate of drug-likeness (QED) is 0.805. The number of carbonyl (C=O) groups is 1. The third-order valence-electron chi connectivity index (χ3n) is 5.54. The van der Waals surface area contributed by atoms with E-state index in [9.17, 15) is 4.79 Å². The van der Waals surface area contributed by atoms with Crippen LogP contribution in [0.2, 0.25) is 5.02 Å². The van der Waals surface area contributed by atoms with Crippen LogP contribution >= 0.6 is 11.6 Å². The van der Waals surface area contributed by atoms with Crippen molar-refractivity contribution in [2.75, 3.05) is 39.4 Å². The van der Waals surface area contributed by atoms with E-state index in [0.717, 1.165) is 35.8 Å². The van der Waals surface area contributed by atoms with E-state index in [1.165, 1.54) is 0 Å².